The largest absolute Gasteiger partial charge is 0.354 e. The van der Waals surface area contributed by atoms with Gasteiger partial charge < -0.3 is 15.5 Å². The molecule has 236 valence electrons. The molecule has 3 heterocycles. The highest BCUT2D eigenvalue weighted by Crippen LogP contribution is 2.35. The van der Waals surface area contributed by atoms with Gasteiger partial charge in [-0.25, -0.2) is 4.98 Å². The number of para-hydroxylation sites is 1. The summed E-state index contributed by atoms with van der Waals surface area (Å²) in [5.74, 6) is -0.219. The molecule has 1 aliphatic rings. The Labute approximate surface area is 273 Å². The number of piperazine rings is 1. The van der Waals surface area contributed by atoms with Gasteiger partial charge in [0.2, 0.25) is 0 Å². The van der Waals surface area contributed by atoms with Crippen LogP contribution in [0.1, 0.15) is 64.5 Å². The Hall–Kier alpha value is -3.79. The fourth-order valence-electron chi connectivity index (χ4n) is 5.86. The molecule has 1 fully saturated rings. The maximum Gasteiger partial charge on any atom is 0.265 e. The molecule has 1 saturated heterocycles. The number of rotatable bonds is 9. The van der Waals surface area contributed by atoms with E-state index in [4.69, 9.17) is 16.6 Å². The number of carbonyl (C=O) groups is 2. The number of hydrogen-bond donors (Lipinski definition) is 2. The summed E-state index contributed by atoms with van der Waals surface area (Å²) in [6.07, 6.45) is 1.99. The zero-order valence-corrected chi connectivity index (χ0v) is 28.1. The molecule has 0 aliphatic carbocycles. The van der Waals surface area contributed by atoms with Gasteiger partial charge in [0, 0.05) is 49.5 Å². The zero-order chi connectivity index (χ0) is 32.2. The molecule has 0 bridgehead atoms. The van der Waals surface area contributed by atoms with Crippen LogP contribution in [0.3, 0.4) is 0 Å². The third kappa shape index (κ3) is 6.61. The molecule has 2 aromatic heterocycles. The number of carbonyl (C=O) groups excluding carboxylic acids is 2. The number of aryl methyl sites for hydroxylation is 2. The average Bonchev–Trinajstić information content (AvgIpc) is 3.50. The highest BCUT2D eigenvalue weighted by atomic mass is 35.5. The van der Waals surface area contributed by atoms with Crippen molar-refractivity contribution in [1.82, 2.24) is 25.1 Å². The minimum absolute atomic E-state index is 0.102. The number of amides is 2. The van der Waals surface area contributed by atoms with E-state index in [0.29, 0.717) is 75.6 Å². The normalized spacial score (nSPS) is 13.4. The number of pyridine rings is 1. The lowest BCUT2D eigenvalue weighted by molar-refractivity contribution is 0.0733. The van der Waals surface area contributed by atoms with E-state index in [2.05, 4.69) is 50.5 Å². The fraction of sp³-hybridized carbons (Fsp3) is 0.371. The SMILES string of the molecule is CCc1cccc(CC)c1-n1c(CC(C)C)c(C(=O)N2CCNCC2)cc(-c2nc(-c3ccc(Cl)cc3)c(C(=O)NC)s2)c1=O. The molecule has 0 spiro atoms. The second-order valence-electron chi connectivity index (χ2n) is 11.6. The molecule has 2 amide bonds. The Morgan fingerprint density at radius 1 is 1.04 bits per heavy atom. The third-order valence-corrected chi connectivity index (χ3v) is 9.48. The molecule has 0 unspecified atom stereocenters. The topological polar surface area (TPSA) is 96.3 Å². The smallest absolute Gasteiger partial charge is 0.265 e. The minimum atomic E-state index is -0.304. The molecular weight excluding hydrogens is 606 g/mol. The van der Waals surface area contributed by atoms with Crippen LogP contribution in [0.15, 0.2) is 53.3 Å². The summed E-state index contributed by atoms with van der Waals surface area (Å²) in [5.41, 5.74) is 5.32. The van der Waals surface area contributed by atoms with Gasteiger partial charge >= 0.3 is 0 Å². The standard InChI is InChI=1S/C35H40ClN5O3S/c1-6-22-9-8-10-23(7-2)30(22)41-28(19-21(3)4)26(34(43)40-17-15-38-16-18-40)20-27(35(41)44)33-39-29(31(45-33)32(42)37-5)24-11-13-25(36)14-12-24/h8-14,20-21,38H,6-7,15-19H2,1-5H3,(H,37,42). The molecule has 45 heavy (non-hydrogen) atoms. The van der Waals surface area contributed by atoms with E-state index >= 15 is 0 Å². The van der Waals surface area contributed by atoms with Crippen LogP contribution in [-0.4, -0.2) is 59.5 Å². The van der Waals surface area contributed by atoms with Gasteiger partial charge in [-0.1, -0.05) is 69.6 Å². The Kier molecular flexibility index (Phi) is 10.2. The molecule has 8 nitrogen and oxygen atoms in total. The fourth-order valence-corrected chi connectivity index (χ4v) is 7.03. The molecule has 4 aromatic rings. The molecule has 2 aromatic carbocycles. The molecule has 0 atom stereocenters. The maximum absolute atomic E-state index is 14.9. The quantitative estimate of drug-likeness (QED) is 0.232. The van der Waals surface area contributed by atoms with E-state index in [-0.39, 0.29) is 23.3 Å². The lowest BCUT2D eigenvalue weighted by atomic mass is 9.97. The van der Waals surface area contributed by atoms with Crippen LogP contribution >= 0.6 is 22.9 Å². The first kappa shape index (κ1) is 32.6. The van der Waals surface area contributed by atoms with Crippen LogP contribution in [0.5, 0.6) is 0 Å². The van der Waals surface area contributed by atoms with E-state index in [9.17, 15) is 14.4 Å². The van der Waals surface area contributed by atoms with Crippen LogP contribution in [0.25, 0.3) is 27.5 Å². The van der Waals surface area contributed by atoms with Crippen molar-refractivity contribution < 1.29 is 9.59 Å². The Balaban J connectivity index is 1.86. The Bertz CT molecular complexity index is 1750. The Morgan fingerprint density at radius 3 is 2.27 bits per heavy atom. The second kappa shape index (κ2) is 14.1. The van der Waals surface area contributed by atoms with E-state index < -0.39 is 0 Å². The van der Waals surface area contributed by atoms with Crippen molar-refractivity contribution in [3.05, 3.63) is 91.2 Å². The Morgan fingerprint density at radius 2 is 1.69 bits per heavy atom. The molecule has 5 rings (SSSR count). The summed E-state index contributed by atoms with van der Waals surface area (Å²) in [6, 6.07) is 15.0. The number of thiazole rings is 1. The number of benzene rings is 2. The summed E-state index contributed by atoms with van der Waals surface area (Å²) in [5, 5.41) is 6.98. The molecule has 10 heteroatoms. The summed E-state index contributed by atoms with van der Waals surface area (Å²) >= 11 is 7.31. The van der Waals surface area contributed by atoms with Gasteiger partial charge in [0.05, 0.1) is 22.5 Å². The molecular formula is C35H40ClN5O3S. The number of aromatic nitrogens is 2. The van der Waals surface area contributed by atoms with Crippen molar-refractivity contribution in [1.29, 1.82) is 0 Å². The van der Waals surface area contributed by atoms with Crippen LogP contribution in [-0.2, 0) is 19.3 Å². The van der Waals surface area contributed by atoms with Gasteiger partial charge in [0.15, 0.2) is 0 Å². The first-order chi connectivity index (χ1) is 21.7. The third-order valence-electron chi connectivity index (χ3n) is 8.14. The highest BCUT2D eigenvalue weighted by molar-refractivity contribution is 7.17. The van der Waals surface area contributed by atoms with Gasteiger partial charge in [-0.3, -0.25) is 19.0 Å². The highest BCUT2D eigenvalue weighted by Gasteiger charge is 2.29. The van der Waals surface area contributed by atoms with Crippen LogP contribution < -0.4 is 16.2 Å². The van der Waals surface area contributed by atoms with Crippen molar-refractivity contribution in [2.75, 3.05) is 33.2 Å². The molecule has 2 N–H and O–H groups in total. The van der Waals surface area contributed by atoms with Crippen molar-refractivity contribution in [3.8, 4) is 27.5 Å². The number of hydrogen-bond acceptors (Lipinski definition) is 6. The van der Waals surface area contributed by atoms with Crippen LogP contribution in [0, 0.1) is 5.92 Å². The van der Waals surface area contributed by atoms with E-state index in [1.807, 2.05) is 23.1 Å². The average molecular weight is 646 g/mol. The number of nitrogens with zero attached hydrogens (tertiary/aromatic N) is 3. The van der Waals surface area contributed by atoms with Crippen molar-refractivity contribution >= 4 is 34.8 Å². The lowest BCUT2D eigenvalue weighted by Gasteiger charge is -2.30. The summed E-state index contributed by atoms with van der Waals surface area (Å²) in [6.45, 7) is 10.9. The van der Waals surface area contributed by atoms with Gasteiger partial charge in [-0.2, -0.15) is 0 Å². The molecule has 0 radical (unpaired) electrons. The monoisotopic (exact) mass is 645 g/mol. The zero-order valence-electron chi connectivity index (χ0n) is 26.5. The van der Waals surface area contributed by atoms with Crippen molar-refractivity contribution in [2.24, 2.45) is 5.92 Å². The minimum Gasteiger partial charge on any atom is -0.354 e. The van der Waals surface area contributed by atoms with Gasteiger partial charge in [0.1, 0.15) is 9.88 Å². The van der Waals surface area contributed by atoms with Gasteiger partial charge in [-0.05, 0) is 54.5 Å². The summed E-state index contributed by atoms with van der Waals surface area (Å²) in [4.78, 5) is 49.5. The maximum atomic E-state index is 14.9. The first-order valence-corrected chi connectivity index (χ1v) is 16.8. The number of nitrogens with one attached hydrogen (secondary N) is 2. The first-order valence-electron chi connectivity index (χ1n) is 15.6. The molecule has 0 saturated carbocycles. The van der Waals surface area contributed by atoms with E-state index in [0.717, 1.165) is 41.0 Å². The van der Waals surface area contributed by atoms with Gasteiger partial charge in [0.25, 0.3) is 17.4 Å². The van der Waals surface area contributed by atoms with E-state index in [1.165, 1.54) is 0 Å². The van der Waals surface area contributed by atoms with Crippen molar-refractivity contribution in [3.63, 3.8) is 0 Å². The second-order valence-corrected chi connectivity index (χ2v) is 13.0. The number of halogens is 1. The van der Waals surface area contributed by atoms with Gasteiger partial charge in [-0.15, -0.1) is 11.3 Å². The summed E-state index contributed by atoms with van der Waals surface area (Å²) < 4.78 is 1.78. The predicted molar refractivity (Wildman–Crippen MR) is 183 cm³/mol. The van der Waals surface area contributed by atoms with Crippen LogP contribution in [0.4, 0.5) is 0 Å². The van der Waals surface area contributed by atoms with Crippen LogP contribution in [0.2, 0.25) is 5.02 Å². The summed E-state index contributed by atoms with van der Waals surface area (Å²) in [7, 11) is 1.57. The lowest BCUT2D eigenvalue weighted by Crippen LogP contribution is -2.47. The van der Waals surface area contributed by atoms with Crippen molar-refractivity contribution in [2.45, 2.75) is 47.0 Å². The van der Waals surface area contributed by atoms with E-state index in [1.54, 1.807) is 29.8 Å². The predicted octanol–water partition coefficient (Wildman–Crippen LogP) is 6.01. The molecule has 1 aliphatic heterocycles.